The van der Waals surface area contributed by atoms with Crippen LogP contribution in [0.1, 0.15) is 20.8 Å². The molecule has 0 aliphatic carbocycles. The van der Waals surface area contributed by atoms with Crippen LogP contribution in [0, 0.1) is 0 Å². The van der Waals surface area contributed by atoms with Crippen molar-refractivity contribution in [2.75, 3.05) is 25.9 Å². The van der Waals surface area contributed by atoms with Crippen molar-refractivity contribution < 1.29 is 9.53 Å². The van der Waals surface area contributed by atoms with Gasteiger partial charge in [-0.15, -0.1) is 0 Å². The molecule has 0 N–H and O–H groups in total. The molecule has 5 nitrogen and oxygen atoms in total. The molecule has 0 aromatic rings. The maximum atomic E-state index is 12.0. The van der Waals surface area contributed by atoms with Gasteiger partial charge in [0.2, 0.25) is 0 Å². The van der Waals surface area contributed by atoms with E-state index in [0.29, 0.717) is 13.1 Å². The Bertz CT molecular complexity index is 412. The predicted octanol–water partition coefficient (Wildman–Crippen LogP) is 2.11. The van der Waals surface area contributed by atoms with E-state index < -0.39 is 5.60 Å². The van der Waals surface area contributed by atoms with E-state index in [2.05, 4.69) is 5.10 Å². The van der Waals surface area contributed by atoms with Crippen LogP contribution in [0.3, 0.4) is 0 Å². The van der Waals surface area contributed by atoms with Crippen molar-refractivity contribution >= 4 is 24.3 Å². The van der Waals surface area contributed by atoms with Crippen molar-refractivity contribution in [2.24, 2.45) is 5.10 Å². The standard InChI is InChI=1S/C12H19N3O2S/c1-12(2,3)17-11(16)14-6-9-5-13-15(18-4)8-10(9)7-14/h5H,6-8H2,1-4H3. The van der Waals surface area contributed by atoms with Crippen molar-refractivity contribution in [1.29, 1.82) is 0 Å². The van der Waals surface area contributed by atoms with E-state index in [0.717, 1.165) is 12.1 Å². The maximum absolute atomic E-state index is 12.0. The Morgan fingerprint density at radius 1 is 1.39 bits per heavy atom. The molecule has 2 aliphatic rings. The average molecular weight is 269 g/mol. The van der Waals surface area contributed by atoms with Crippen LogP contribution >= 0.6 is 11.9 Å². The lowest BCUT2D eigenvalue weighted by Crippen LogP contribution is -2.36. The summed E-state index contributed by atoms with van der Waals surface area (Å²) >= 11 is 1.58. The van der Waals surface area contributed by atoms with Gasteiger partial charge in [0.1, 0.15) is 5.60 Å². The Morgan fingerprint density at radius 2 is 2.11 bits per heavy atom. The van der Waals surface area contributed by atoms with Gasteiger partial charge in [0.05, 0.1) is 19.3 Å². The normalized spacial score (nSPS) is 19.3. The van der Waals surface area contributed by atoms with Gasteiger partial charge >= 0.3 is 6.09 Å². The van der Waals surface area contributed by atoms with Gasteiger partial charge in [-0.25, -0.2) is 9.21 Å². The van der Waals surface area contributed by atoms with Crippen molar-refractivity contribution in [3.63, 3.8) is 0 Å². The molecule has 0 bridgehead atoms. The highest BCUT2D eigenvalue weighted by Crippen LogP contribution is 2.25. The molecule has 0 saturated heterocycles. The van der Waals surface area contributed by atoms with Gasteiger partial charge in [0.15, 0.2) is 0 Å². The molecule has 2 rings (SSSR count). The number of rotatable bonds is 1. The fourth-order valence-corrected chi connectivity index (χ4v) is 2.32. The van der Waals surface area contributed by atoms with Gasteiger partial charge in [0.25, 0.3) is 0 Å². The topological polar surface area (TPSA) is 45.1 Å². The monoisotopic (exact) mass is 269 g/mol. The van der Waals surface area contributed by atoms with Gasteiger partial charge in [0, 0.05) is 12.8 Å². The van der Waals surface area contributed by atoms with Crippen LogP contribution < -0.4 is 0 Å². The van der Waals surface area contributed by atoms with Crippen LogP contribution in [0.5, 0.6) is 0 Å². The second-order valence-electron chi connectivity index (χ2n) is 5.40. The molecule has 0 spiro atoms. The number of carbonyl (C=O) groups excluding carboxylic acids is 1. The van der Waals surface area contributed by atoms with Crippen LogP contribution in [-0.4, -0.2) is 53.1 Å². The zero-order chi connectivity index (χ0) is 13.3. The summed E-state index contributed by atoms with van der Waals surface area (Å²) in [5.74, 6) is 0. The highest BCUT2D eigenvalue weighted by atomic mass is 32.2. The van der Waals surface area contributed by atoms with Crippen LogP contribution in [0.25, 0.3) is 0 Å². The zero-order valence-corrected chi connectivity index (χ0v) is 12.1. The lowest BCUT2D eigenvalue weighted by atomic mass is 10.1. The van der Waals surface area contributed by atoms with Crippen LogP contribution in [0.2, 0.25) is 0 Å². The summed E-state index contributed by atoms with van der Waals surface area (Å²) < 4.78 is 7.29. The summed E-state index contributed by atoms with van der Waals surface area (Å²) in [6.45, 7) is 7.68. The largest absolute Gasteiger partial charge is 0.444 e. The van der Waals surface area contributed by atoms with E-state index in [1.165, 1.54) is 5.57 Å². The molecule has 100 valence electrons. The minimum absolute atomic E-state index is 0.249. The van der Waals surface area contributed by atoms with E-state index in [9.17, 15) is 4.79 Å². The van der Waals surface area contributed by atoms with E-state index in [1.54, 1.807) is 16.8 Å². The molecule has 0 saturated carbocycles. The number of hydrogen-bond acceptors (Lipinski definition) is 5. The third-order valence-corrected chi connectivity index (χ3v) is 3.37. The molecule has 0 radical (unpaired) electrons. The summed E-state index contributed by atoms with van der Waals surface area (Å²) in [5.41, 5.74) is 1.95. The molecule has 0 atom stereocenters. The fourth-order valence-electron chi connectivity index (χ4n) is 1.89. The summed E-state index contributed by atoms with van der Waals surface area (Å²) in [5, 5.41) is 4.29. The number of ether oxygens (including phenoxy) is 1. The molecule has 1 amide bonds. The molecular weight excluding hydrogens is 250 g/mol. The predicted molar refractivity (Wildman–Crippen MR) is 73.5 cm³/mol. The third kappa shape index (κ3) is 2.98. The van der Waals surface area contributed by atoms with Crippen LogP contribution in [-0.2, 0) is 4.74 Å². The van der Waals surface area contributed by atoms with E-state index >= 15 is 0 Å². The minimum Gasteiger partial charge on any atom is -0.444 e. The number of hydrazone groups is 1. The van der Waals surface area contributed by atoms with Crippen LogP contribution in [0.4, 0.5) is 4.79 Å². The quantitative estimate of drug-likeness (QED) is 0.684. The molecule has 2 aliphatic heterocycles. The van der Waals surface area contributed by atoms with E-state index in [1.807, 2.05) is 37.7 Å². The van der Waals surface area contributed by atoms with Gasteiger partial charge in [-0.05, 0) is 43.9 Å². The Morgan fingerprint density at radius 3 is 2.72 bits per heavy atom. The first-order chi connectivity index (χ1) is 8.39. The van der Waals surface area contributed by atoms with Gasteiger partial charge < -0.3 is 4.74 Å². The Hall–Kier alpha value is -1.17. The second kappa shape index (κ2) is 4.84. The average Bonchev–Trinajstić information content (AvgIpc) is 2.69. The summed E-state index contributed by atoms with van der Waals surface area (Å²) in [6.07, 6.45) is 3.59. The molecule has 0 aromatic carbocycles. The summed E-state index contributed by atoms with van der Waals surface area (Å²) in [6, 6.07) is 0. The molecule has 0 aromatic heterocycles. The lowest BCUT2D eigenvalue weighted by molar-refractivity contribution is 0.0300. The van der Waals surface area contributed by atoms with Gasteiger partial charge in [-0.3, -0.25) is 4.90 Å². The minimum atomic E-state index is -0.445. The third-order valence-electron chi connectivity index (χ3n) is 2.73. The smallest absolute Gasteiger partial charge is 0.410 e. The first-order valence-electron chi connectivity index (χ1n) is 5.93. The number of hydrogen-bond donors (Lipinski definition) is 0. The Kier molecular flexibility index (Phi) is 3.56. The Labute approximate surface area is 112 Å². The van der Waals surface area contributed by atoms with Crippen molar-refractivity contribution in [3.8, 4) is 0 Å². The first kappa shape index (κ1) is 13.3. The molecule has 2 heterocycles. The first-order valence-corrected chi connectivity index (χ1v) is 7.11. The number of nitrogens with zero attached hydrogens (tertiary/aromatic N) is 3. The van der Waals surface area contributed by atoms with Crippen LogP contribution in [0.15, 0.2) is 16.2 Å². The highest BCUT2D eigenvalue weighted by Gasteiger charge is 2.30. The molecule has 0 fully saturated rings. The fraction of sp³-hybridized carbons (Fsp3) is 0.667. The SMILES string of the molecule is CSN1CC2=C(C=N1)CN(C(=O)OC(C)(C)C)C2. The molecule has 0 unspecified atom stereocenters. The number of carbonyl (C=O) groups is 1. The van der Waals surface area contributed by atoms with Gasteiger partial charge in [-0.2, -0.15) is 5.10 Å². The van der Waals surface area contributed by atoms with E-state index in [-0.39, 0.29) is 6.09 Å². The van der Waals surface area contributed by atoms with Gasteiger partial charge in [-0.1, -0.05) is 0 Å². The summed E-state index contributed by atoms with van der Waals surface area (Å²) in [4.78, 5) is 13.7. The molecular formula is C12H19N3O2S. The number of amides is 1. The molecule has 18 heavy (non-hydrogen) atoms. The maximum Gasteiger partial charge on any atom is 0.410 e. The summed E-state index contributed by atoms with van der Waals surface area (Å²) in [7, 11) is 0. The zero-order valence-electron chi connectivity index (χ0n) is 11.3. The van der Waals surface area contributed by atoms with Crippen molar-refractivity contribution in [2.45, 2.75) is 26.4 Å². The van der Waals surface area contributed by atoms with Crippen molar-refractivity contribution in [1.82, 2.24) is 9.31 Å². The lowest BCUT2D eigenvalue weighted by Gasteiger charge is -2.24. The van der Waals surface area contributed by atoms with Crippen molar-refractivity contribution in [3.05, 3.63) is 11.1 Å². The molecule has 6 heteroatoms. The second-order valence-corrected chi connectivity index (χ2v) is 6.19. The Balaban J connectivity index is 1.96. The van der Waals surface area contributed by atoms with E-state index in [4.69, 9.17) is 4.74 Å². The highest BCUT2D eigenvalue weighted by molar-refractivity contribution is 7.96.